The summed E-state index contributed by atoms with van der Waals surface area (Å²) in [5, 5.41) is 2.45. The normalized spacial score (nSPS) is 15.0. The van der Waals surface area contributed by atoms with E-state index in [0.717, 1.165) is 16.7 Å². The molecule has 0 bridgehead atoms. The number of hydrogen-bond acceptors (Lipinski definition) is 1. The molecule has 114 valence electrons. The summed E-state index contributed by atoms with van der Waals surface area (Å²) in [5.74, 6) is 0.152. The molecular formula is C21H19NO. The van der Waals surface area contributed by atoms with Crippen molar-refractivity contribution in [2.75, 3.05) is 0 Å². The van der Waals surface area contributed by atoms with Crippen molar-refractivity contribution in [3.05, 3.63) is 82.9 Å². The highest BCUT2D eigenvalue weighted by Crippen LogP contribution is 2.33. The van der Waals surface area contributed by atoms with Crippen molar-refractivity contribution >= 4 is 16.7 Å². The first-order chi connectivity index (χ1) is 11.1. The van der Waals surface area contributed by atoms with Crippen LogP contribution in [-0.2, 0) is 6.54 Å². The molecule has 23 heavy (non-hydrogen) atoms. The minimum Gasteiger partial charge on any atom is -0.328 e. The summed E-state index contributed by atoms with van der Waals surface area (Å²) < 4.78 is 0. The van der Waals surface area contributed by atoms with E-state index in [0.29, 0.717) is 6.54 Å². The van der Waals surface area contributed by atoms with Crippen LogP contribution in [0.5, 0.6) is 0 Å². The maximum atomic E-state index is 12.8. The van der Waals surface area contributed by atoms with Crippen LogP contribution in [-0.4, -0.2) is 10.8 Å². The van der Waals surface area contributed by atoms with Gasteiger partial charge in [-0.05, 0) is 47.4 Å². The van der Waals surface area contributed by atoms with Gasteiger partial charge in [0.2, 0.25) is 0 Å². The highest BCUT2D eigenvalue weighted by atomic mass is 16.2. The third-order valence-corrected chi connectivity index (χ3v) is 4.90. The fourth-order valence-corrected chi connectivity index (χ4v) is 3.53. The quantitative estimate of drug-likeness (QED) is 0.661. The molecule has 0 N–H and O–H groups in total. The highest BCUT2D eigenvalue weighted by molar-refractivity contribution is 6.00. The molecule has 0 saturated heterocycles. The van der Waals surface area contributed by atoms with Crippen molar-refractivity contribution in [3.8, 4) is 0 Å². The fourth-order valence-electron chi connectivity index (χ4n) is 3.53. The van der Waals surface area contributed by atoms with Gasteiger partial charge in [0.1, 0.15) is 0 Å². The standard InChI is InChI=1S/C21H19NO/c1-14-6-5-9-19-13-22(21(23)20(14)19)15(2)17-11-10-16-7-3-4-8-18(16)12-17/h3-12,15H,13H2,1-2H3/t15-/m0/s1. The smallest absolute Gasteiger partial charge is 0.255 e. The zero-order chi connectivity index (χ0) is 16.0. The van der Waals surface area contributed by atoms with Crippen LogP contribution in [0.1, 0.15) is 40.0 Å². The summed E-state index contributed by atoms with van der Waals surface area (Å²) in [4.78, 5) is 14.8. The van der Waals surface area contributed by atoms with Crippen LogP contribution in [0.25, 0.3) is 10.8 Å². The lowest BCUT2D eigenvalue weighted by molar-refractivity contribution is 0.0715. The molecular weight excluding hydrogens is 282 g/mol. The number of rotatable bonds is 2. The molecule has 0 saturated carbocycles. The molecule has 0 spiro atoms. The van der Waals surface area contributed by atoms with Crippen LogP contribution >= 0.6 is 0 Å². The van der Waals surface area contributed by atoms with Crippen LogP contribution in [0.4, 0.5) is 0 Å². The predicted molar refractivity (Wildman–Crippen MR) is 93.4 cm³/mol. The van der Waals surface area contributed by atoms with Crippen LogP contribution in [0.3, 0.4) is 0 Å². The van der Waals surface area contributed by atoms with Gasteiger partial charge in [-0.25, -0.2) is 0 Å². The van der Waals surface area contributed by atoms with E-state index in [1.54, 1.807) is 0 Å². The average molecular weight is 301 g/mol. The second-order valence-electron chi connectivity index (χ2n) is 6.32. The van der Waals surface area contributed by atoms with E-state index in [9.17, 15) is 4.79 Å². The van der Waals surface area contributed by atoms with Gasteiger partial charge in [0.05, 0.1) is 6.04 Å². The second-order valence-corrected chi connectivity index (χ2v) is 6.32. The molecule has 1 aliphatic rings. The lowest BCUT2D eigenvalue weighted by Crippen LogP contribution is -2.27. The summed E-state index contributed by atoms with van der Waals surface area (Å²) in [5.41, 5.74) is 4.28. The summed E-state index contributed by atoms with van der Waals surface area (Å²) in [7, 11) is 0. The monoisotopic (exact) mass is 301 g/mol. The predicted octanol–water partition coefficient (Wildman–Crippen LogP) is 4.87. The summed E-state index contributed by atoms with van der Waals surface area (Å²) in [6.07, 6.45) is 0. The third kappa shape index (κ3) is 2.22. The van der Waals surface area contributed by atoms with Gasteiger partial charge in [-0.15, -0.1) is 0 Å². The minimum absolute atomic E-state index is 0.0684. The average Bonchev–Trinajstić information content (AvgIpc) is 2.92. The van der Waals surface area contributed by atoms with Crippen molar-refractivity contribution in [1.82, 2.24) is 4.90 Å². The number of nitrogens with zero attached hydrogens (tertiary/aromatic N) is 1. The largest absolute Gasteiger partial charge is 0.328 e. The number of carbonyl (C=O) groups is 1. The molecule has 0 unspecified atom stereocenters. The summed E-state index contributed by atoms with van der Waals surface area (Å²) in [6.45, 7) is 4.83. The zero-order valence-electron chi connectivity index (χ0n) is 13.4. The van der Waals surface area contributed by atoms with E-state index in [4.69, 9.17) is 0 Å². The lowest BCUT2D eigenvalue weighted by atomic mass is 10.0. The van der Waals surface area contributed by atoms with Crippen LogP contribution in [0.15, 0.2) is 60.7 Å². The molecule has 2 nitrogen and oxygen atoms in total. The molecule has 1 atom stereocenters. The minimum atomic E-state index is 0.0684. The van der Waals surface area contributed by atoms with Gasteiger partial charge in [-0.1, -0.05) is 54.6 Å². The van der Waals surface area contributed by atoms with Crippen molar-refractivity contribution in [1.29, 1.82) is 0 Å². The van der Waals surface area contributed by atoms with Crippen molar-refractivity contribution in [2.45, 2.75) is 26.4 Å². The third-order valence-electron chi connectivity index (χ3n) is 4.90. The molecule has 0 radical (unpaired) electrons. The maximum Gasteiger partial charge on any atom is 0.255 e. The van der Waals surface area contributed by atoms with Gasteiger partial charge in [0.15, 0.2) is 0 Å². The van der Waals surface area contributed by atoms with Crippen molar-refractivity contribution in [3.63, 3.8) is 0 Å². The first kappa shape index (κ1) is 14.0. The second kappa shape index (κ2) is 5.24. The Labute approximate surface area is 136 Å². The SMILES string of the molecule is Cc1cccc2c1C(=O)N([C@@H](C)c1ccc3ccccc3c1)C2. The Kier molecular flexibility index (Phi) is 3.19. The Balaban J connectivity index is 1.70. The topological polar surface area (TPSA) is 20.3 Å². The first-order valence-corrected chi connectivity index (χ1v) is 8.03. The van der Waals surface area contributed by atoms with Gasteiger partial charge in [-0.2, -0.15) is 0 Å². The molecule has 2 heteroatoms. The number of hydrogen-bond donors (Lipinski definition) is 0. The highest BCUT2D eigenvalue weighted by Gasteiger charge is 2.32. The number of benzene rings is 3. The molecule has 3 aromatic rings. The van der Waals surface area contributed by atoms with E-state index in [-0.39, 0.29) is 11.9 Å². The number of amides is 1. The van der Waals surface area contributed by atoms with Crippen molar-refractivity contribution < 1.29 is 4.79 Å². The Morgan fingerprint density at radius 3 is 2.52 bits per heavy atom. The molecule has 0 fully saturated rings. The van der Waals surface area contributed by atoms with Gasteiger partial charge >= 0.3 is 0 Å². The molecule has 1 aliphatic heterocycles. The van der Waals surface area contributed by atoms with Gasteiger partial charge in [0, 0.05) is 12.1 Å². The van der Waals surface area contributed by atoms with E-state index >= 15 is 0 Å². The zero-order valence-corrected chi connectivity index (χ0v) is 13.4. The molecule has 1 heterocycles. The number of fused-ring (bicyclic) bond motifs is 2. The molecule has 3 aromatic carbocycles. The Bertz CT molecular complexity index is 913. The number of carbonyl (C=O) groups excluding carboxylic acids is 1. The lowest BCUT2D eigenvalue weighted by Gasteiger charge is -2.25. The summed E-state index contributed by atoms with van der Waals surface area (Å²) in [6, 6.07) is 21.0. The van der Waals surface area contributed by atoms with E-state index < -0.39 is 0 Å². The Morgan fingerprint density at radius 2 is 1.74 bits per heavy atom. The van der Waals surface area contributed by atoms with Gasteiger partial charge in [0.25, 0.3) is 5.91 Å². The molecule has 4 rings (SSSR count). The molecule has 0 aromatic heterocycles. The number of aryl methyl sites for hydroxylation is 1. The molecule has 1 amide bonds. The van der Waals surface area contributed by atoms with Crippen LogP contribution < -0.4 is 0 Å². The van der Waals surface area contributed by atoms with Gasteiger partial charge < -0.3 is 4.90 Å². The Morgan fingerprint density at radius 1 is 0.957 bits per heavy atom. The first-order valence-electron chi connectivity index (χ1n) is 8.03. The van der Waals surface area contributed by atoms with Gasteiger partial charge in [-0.3, -0.25) is 4.79 Å². The Hall–Kier alpha value is -2.61. The van der Waals surface area contributed by atoms with E-state index in [1.807, 2.05) is 24.0 Å². The van der Waals surface area contributed by atoms with E-state index in [1.165, 1.54) is 16.3 Å². The maximum absolute atomic E-state index is 12.8. The van der Waals surface area contributed by atoms with E-state index in [2.05, 4.69) is 55.5 Å². The van der Waals surface area contributed by atoms with Crippen LogP contribution in [0, 0.1) is 6.92 Å². The fraction of sp³-hybridized carbons (Fsp3) is 0.190. The van der Waals surface area contributed by atoms with Crippen molar-refractivity contribution in [2.24, 2.45) is 0 Å². The molecule has 0 aliphatic carbocycles. The van der Waals surface area contributed by atoms with Crippen LogP contribution in [0.2, 0.25) is 0 Å². The summed E-state index contributed by atoms with van der Waals surface area (Å²) >= 11 is 0.